The number of carbonyl (C=O) groups is 2. The van der Waals surface area contributed by atoms with Gasteiger partial charge in [-0.25, -0.2) is 4.98 Å². The molecular weight excluding hydrogens is 496 g/mol. The van der Waals surface area contributed by atoms with E-state index in [1.165, 1.54) is 0 Å². The highest BCUT2D eigenvalue weighted by atomic mass is 16.6. The Morgan fingerprint density at radius 1 is 0.949 bits per heavy atom. The summed E-state index contributed by atoms with van der Waals surface area (Å²) >= 11 is 0. The van der Waals surface area contributed by atoms with Gasteiger partial charge in [0.15, 0.2) is 5.65 Å². The molecule has 0 spiro atoms. The molecule has 1 aromatic carbocycles. The maximum atomic E-state index is 12.8. The van der Waals surface area contributed by atoms with Crippen LogP contribution in [0.4, 0.5) is 11.8 Å². The number of aromatic nitrogens is 3. The van der Waals surface area contributed by atoms with Gasteiger partial charge in [0.05, 0.1) is 5.39 Å². The Labute approximate surface area is 229 Å². The van der Waals surface area contributed by atoms with Crippen molar-refractivity contribution in [2.75, 3.05) is 11.5 Å². The number of benzene rings is 1. The molecule has 2 heterocycles. The van der Waals surface area contributed by atoms with Gasteiger partial charge in [0.2, 0.25) is 5.95 Å². The predicted molar refractivity (Wildman–Crippen MR) is 153 cm³/mol. The second-order valence-electron chi connectivity index (χ2n) is 11.3. The minimum atomic E-state index is -0.650. The first kappa shape index (κ1) is 29.5. The lowest BCUT2D eigenvalue weighted by Crippen LogP contribution is -2.41. The SMILES string of the molecule is CC(C)(C)OC(=O)CC[C@H](NCc1ccc(/C=C/c2cnc3nc(N)nc(N)c3c2)cc1)C(=O)OC(C)(C)C. The molecule has 0 aliphatic heterocycles. The number of pyridine rings is 1. The minimum Gasteiger partial charge on any atom is -0.460 e. The molecule has 2 aromatic heterocycles. The molecule has 3 rings (SSSR count). The summed E-state index contributed by atoms with van der Waals surface area (Å²) in [5.41, 5.74) is 13.6. The van der Waals surface area contributed by atoms with Gasteiger partial charge in [-0.3, -0.25) is 9.59 Å². The number of anilines is 2. The van der Waals surface area contributed by atoms with Gasteiger partial charge < -0.3 is 26.3 Å². The average molecular weight is 535 g/mol. The lowest BCUT2D eigenvalue weighted by Gasteiger charge is -2.25. The van der Waals surface area contributed by atoms with Crippen molar-refractivity contribution in [3.63, 3.8) is 0 Å². The third-order valence-electron chi connectivity index (χ3n) is 5.37. The van der Waals surface area contributed by atoms with Gasteiger partial charge in [-0.15, -0.1) is 0 Å². The van der Waals surface area contributed by atoms with Gasteiger partial charge in [-0.05, 0) is 70.7 Å². The van der Waals surface area contributed by atoms with E-state index in [0.717, 1.165) is 16.7 Å². The first-order valence-electron chi connectivity index (χ1n) is 12.8. The van der Waals surface area contributed by atoms with Gasteiger partial charge in [0.1, 0.15) is 23.1 Å². The van der Waals surface area contributed by atoms with E-state index >= 15 is 0 Å². The van der Waals surface area contributed by atoms with Crippen LogP contribution in [0, 0.1) is 0 Å². The number of hydrogen-bond acceptors (Lipinski definition) is 10. The van der Waals surface area contributed by atoms with Crippen LogP contribution in [-0.2, 0) is 25.6 Å². The van der Waals surface area contributed by atoms with Crippen molar-refractivity contribution in [3.8, 4) is 0 Å². The largest absolute Gasteiger partial charge is 0.460 e. The Morgan fingerprint density at radius 2 is 1.59 bits per heavy atom. The van der Waals surface area contributed by atoms with E-state index < -0.39 is 23.2 Å². The van der Waals surface area contributed by atoms with Crippen LogP contribution in [0.25, 0.3) is 23.2 Å². The summed E-state index contributed by atoms with van der Waals surface area (Å²) < 4.78 is 10.9. The van der Waals surface area contributed by atoms with E-state index in [2.05, 4.69) is 20.3 Å². The number of nitrogens with zero attached hydrogens (tertiary/aromatic N) is 3. The van der Waals surface area contributed by atoms with Crippen LogP contribution in [-0.4, -0.2) is 44.1 Å². The number of ether oxygens (including phenoxy) is 2. The Hall–Kier alpha value is -4.05. The number of nitrogens with one attached hydrogen (secondary N) is 1. The molecule has 39 heavy (non-hydrogen) atoms. The van der Waals surface area contributed by atoms with Crippen molar-refractivity contribution < 1.29 is 19.1 Å². The van der Waals surface area contributed by atoms with Gasteiger partial charge >= 0.3 is 11.9 Å². The maximum Gasteiger partial charge on any atom is 0.323 e. The molecule has 10 nitrogen and oxygen atoms in total. The predicted octanol–water partition coefficient (Wildman–Crippen LogP) is 4.28. The number of nitrogen functional groups attached to an aromatic ring is 2. The number of fused-ring (bicyclic) bond motifs is 1. The second kappa shape index (κ2) is 12.2. The summed E-state index contributed by atoms with van der Waals surface area (Å²) in [5.74, 6) is -0.378. The fraction of sp³-hybridized carbons (Fsp3) is 0.414. The highest BCUT2D eigenvalue weighted by molar-refractivity contribution is 5.88. The smallest absolute Gasteiger partial charge is 0.323 e. The molecule has 208 valence electrons. The first-order chi connectivity index (χ1) is 18.2. The van der Waals surface area contributed by atoms with Crippen molar-refractivity contribution in [1.29, 1.82) is 0 Å². The van der Waals surface area contributed by atoms with E-state index in [1.54, 1.807) is 6.20 Å². The van der Waals surface area contributed by atoms with Crippen LogP contribution in [0.15, 0.2) is 36.5 Å². The standard InChI is InChI=1S/C29H38N6O4/c1-28(2,3)38-23(36)14-13-22(26(37)39-29(4,5)6)32-16-19-10-7-18(8-11-19)9-12-20-15-21-24(30)34-27(31)35-25(21)33-17-20/h7-12,15,17,22,32H,13-14,16H2,1-6H3,(H4,30,31,33,34,35)/b12-9+/t22-/m0/s1. The number of esters is 2. The molecule has 0 radical (unpaired) electrons. The Bertz CT molecular complexity index is 1340. The van der Waals surface area contributed by atoms with Crippen molar-refractivity contribution in [1.82, 2.24) is 20.3 Å². The van der Waals surface area contributed by atoms with Crippen molar-refractivity contribution >= 4 is 46.9 Å². The number of rotatable bonds is 9. The van der Waals surface area contributed by atoms with Crippen molar-refractivity contribution in [2.24, 2.45) is 0 Å². The highest BCUT2D eigenvalue weighted by Crippen LogP contribution is 2.20. The zero-order chi connectivity index (χ0) is 28.8. The molecule has 0 fully saturated rings. The molecule has 0 saturated carbocycles. The van der Waals surface area contributed by atoms with Gasteiger partial charge in [0, 0.05) is 19.2 Å². The van der Waals surface area contributed by atoms with E-state index in [0.29, 0.717) is 17.6 Å². The second-order valence-corrected chi connectivity index (χ2v) is 11.3. The van der Waals surface area contributed by atoms with Crippen molar-refractivity contribution in [2.45, 2.75) is 78.2 Å². The maximum absolute atomic E-state index is 12.8. The number of hydrogen-bond donors (Lipinski definition) is 3. The summed E-state index contributed by atoms with van der Waals surface area (Å²) in [6.45, 7) is 11.3. The van der Waals surface area contributed by atoms with E-state index in [1.807, 2.05) is 84.0 Å². The fourth-order valence-corrected chi connectivity index (χ4v) is 3.67. The molecule has 0 aliphatic rings. The fourth-order valence-electron chi connectivity index (χ4n) is 3.67. The zero-order valence-corrected chi connectivity index (χ0v) is 23.4. The molecule has 0 saturated heterocycles. The topological polar surface area (TPSA) is 155 Å². The molecular formula is C29H38N6O4. The Balaban J connectivity index is 1.63. The van der Waals surface area contributed by atoms with Crippen LogP contribution in [0.1, 0.15) is 71.1 Å². The summed E-state index contributed by atoms with van der Waals surface area (Å²) in [6.07, 6.45) is 5.94. The van der Waals surface area contributed by atoms with E-state index in [4.69, 9.17) is 20.9 Å². The van der Waals surface area contributed by atoms with Crippen LogP contribution in [0.3, 0.4) is 0 Å². The van der Waals surface area contributed by atoms with Gasteiger partial charge in [0.25, 0.3) is 0 Å². The minimum absolute atomic E-state index is 0.0887. The summed E-state index contributed by atoms with van der Waals surface area (Å²) in [5, 5.41) is 3.88. The quantitative estimate of drug-likeness (QED) is 0.339. The highest BCUT2D eigenvalue weighted by Gasteiger charge is 2.26. The van der Waals surface area contributed by atoms with Gasteiger partial charge in [-0.2, -0.15) is 9.97 Å². The molecule has 0 bridgehead atoms. The normalized spacial score (nSPS) is 13.0. The third kappa shape index (κ3) is 9.64. The van der Waals surface area contributed by atoms with Crippen LogP contribution in [0.2, 0.25) is 0 Å². The molecule has 10 heteroatoms. The number of nitrogens with two attached hydrogens (primary N) is 2. The summed E-state index contributed by atoms with van der Waals surface area (Å²) in [4.78, 5) is 37.4. The molecule has 5 N–H and O–H groups in total. The monoisotopic (exact) mass is 534 g/mol. The van der Waals surface area contributed by atoms with E-state index in [9.17, 15) is 9.59 Å². The van der Waals surface area contributed by atoms with Crippen LogP contribution < -0.4 is 16.8 Å². The molecule has 3 aromatic rings. The molecule has 0 aliphatic carbocycles. The summed E-state index contributed by atoms with van der Waals surface area (Å²) in [6, 6.07) is 9.11. The van der Waals surface area contributed by atoms with Crippen LogP contribution in [0.5, 0.6) is 0 Å². The lowest BCUT2D eigenvalue weighted by atomic mass is 10.1. The van der Waals surface area contributed by atoms with Gasteiger partial charge in [-0.1, -0.05) is 36.4 Å². The Kier molecular flexibility index (Phi) is 9.24. The summed E-state index contributed by atoms with van der Waals surface area (Å²) in [7, 11) is 0. The van der Waals surface area contributed by atoms with Crippen molar-refractivity contribution in [3.05, 3.63) is 53.2 Å². The zero-order valence-electron chi connectivity index (χ0n) is 23.4. The molecule has 0 unspecified atom stereocenters. The first-order valence-corrected chi connectivity index (χ1v) is 12.8. The molecule has 1 atom stereocenters. The molecule has 0 amide bonds. The van der Waals surface area contributed by atoms with E-state index in [-0.39, 0.29) is 30.6 Å². The average Bonchev–Trinajstić information content (AvgIpc) is 2.81. The Morgan fingerprint density at radius 3 is 2.23 bits per heavy atom. The number of carbonyl (C=O) groups excluding carboxylic acids is 2. The third-order valence-corrected chi connectivity index (χ3v) is 5.37. The van der Waals surface area contributed by atoms with Crippen LogP contribution >= 0.6 is 0 Å². The lowest BCUT2D eigenvalue weighted by molar-refractivity contribution is -0.158.